The van der Waals surface area contributed by atoms with Crippen molar-refractivity contribution in [2.75, 3.05) is 13.7 Å². The van der Waals surface area contributed by atoms with Crippen LogP contribution in [0.5, 0.6) is 5.75 Å². The Kier molecular flexibility index (Phi) is 6.69. The molecule has 35 heavy (non-hydrogen) atoms. The SMILES string of the molecule is [C-]#[N+]c1ccc2c(c1)[C@H](c1cccc(OC)c1Cl)O[C@@H](CC(=O)OCC)c1nnc(C(F)(F)F)n1-2. The first kappa shape index (κ1) is 24.5. The van der Waals surface area contributed by atoms with Crippen molar-refractivity contribution >= 4 is 23.3 Å². The number of nitrogens with zero attached hydrogens (tertiary/aromatic N) is 4. The summed E-state index contributed by atoms with van der Waals surface area (Å²) in [5, 5.41) is 7.26. The maximum atomic E-state index is 13.9. The van der Waals surface area contributed by atoms with Crippen LogP contribution in [0.1, 0.15) is 48.3 Å². The molecule has 0 saturated carbocycles. The number of aromatic nitrogens is 3. The summed E-state index contributed by atoms with van der Waals surface area (Å²) >= 11 is 6.56. The Morgan fingerprint density at radius 1 is 1.26 bits per heavy atom. The van der Waals surface area contributed by atoms with E-state index in [1.54, 1.807) is 25.1 Å². The number of carbonyl (C=O) groups excluding carboxylic acids is 1. The molecule has 0 radical (unpaired) electrons. The number of hydrogen-bond acceptors (Lipinski definition) is 6. The number of rotatable bonds is 5. The van der Waals surface area contributed by atoms with Crippen LogP contribution in [0.25, 0.3) is 10.5 Å². The van der Waals surface area contributed by atoms with Gasteiger partial charge in [-0.25, -0.2) is 4.85 Å². The van der Waals surface area contributed by atoms with Crippen LogP contribution in [-0.4, -0.2) is 34.5 Å². The normalized spacial score (nSPS) is 17.1. The van der Waals surface area contributed by atoms with E-state index in [4.69, 9.17) is 32.4 Å². The van der Waals surface area contributed by atoms with E-state index in [0.29, 0.717) is 11.3 Å². The lowest BCUT2D eigenvalue weighted by Gasteiger charge is -2.24. The van der Waals surface area contributed by atoms with Crippen LogP contribution in [0, 0.1) is 6.57 Å². The van der Waals surface area contributed by atoms with E-state index >= 15 is 0 Å². The summed E-state index contributed by atoms with van der Waals surface area (Å²) in [6, 6.07) is 9.05. The van der Waals surface area contributed by atoms with Crippen molar-refractivity contribution in [3.05, 3.63) is 75.6 Å². The Bertz CT molecular complexity index is 1320. The third-order valence-electron chi connectivity index (χ3n) is 5.35. The van der Waals surface area contributed by atoms with Gasteiger partial charge in [0.15, 0.2) is 11.5 Å². The minimum Gasteiger partial charge on any atom is -0.495 e. The van der Waals surface area contributed by atoms with Gasteiger partial charge in [0.2, 0.25) is 5.82 Å². The smallest absolute Gasteiger partial charge is 0.452 e. The average molecular weight is 507 g/mol. The summed E-state index contributed by atoms with van der Waals surface area (Å²) in [5.41, 5.74) is 0.797. The number of benzene rings is 2. The number of esters is 1. The highest BCUT2D eigenvalue weighted by Gasteiger charge is 2.43. The first-order valence-corrected chi connectivity index (χ1v) is 10.7. The molecule has 0 saturated heterocycles. The molecule has 1 aliphatic heterocycles. The highest BCUT2D eigenvalue weighted by molar-refractivity contribution is 6.32. The van der Waals surface area contributed by atoms with Crippen molar-refractivity contribution < 1.29 is 32.2 Å². The predicted molar refractivity (Wildman–Crippen MR) is 118 cm³/mol. The van der Waals surface area contributed by atoms with E-state index < -0.39 is 36.6 Å². The standard InChI is InChI=1S/C23H18ClF3N4O4/c1-4-34-18(32)11-17-21-29-30-22(23(25,26)27)31(21)15-9-8-12(28-2)10-14(15)20(35-17)13-6-5-7-16(33-3)19(13)24/h5-10,17,20H,4,11H2,1,3H3/t17-,20-/m0/s1. The van der Waals surface area contributed by atoms with Crippen molar-refractivity contribution in [1.29, 1.82) is 0 Å². The Morgan fingerprint density at radius 3 is 2.69 bits per heavy atom. The molecule has 0 unspecified atom stereocenters. The van der Waals surface area contributed by atoms with Crippen molar-refractivity contribution in [3.8, 4) is 11.4 Å². The summed E-state index contributed by atoms with van der Waals surface area (Å²) in [4.78, 5) is 15.8. The minimum atomic E-state index is -4.86. The highest BCUT2D eigenvalue weighted by atomic mass is 35.5. The minimum absolute atomic E-state index is 0.0416. The van der Waals surface area contributed by atoms with Gasteiger partial charge in [0.05, 0.1) is 37.4 Å². The fourth-order valence-corrected chi connectivity index (χ4v) is 4.19. The monoisotopic (exact) mass is 506 g/mol. The fourth-order valence-electron chi connectivity index (χ4n) is 3.89. The van der Waals surface area contributed by atoms with E-state index in [2.05, 4.69) is 15.0 Å². The predicted octanol–water partition coefficient (Wildman–Crippen LogP) is 5.61. The van der Waals surface area contributed by atoms with Gasteiger partial charge < -0.3 is 14.2 Å². The maximum Gasteiger partial charge on any atom is 0.452 e. The number of halogens is 4. The van der Waals surface area contributed by atoms with Gasteiger partial charge >= 0.3 is 12.1 Å². The lowest BCUT2D eigenvalue weighted by molar-refractivity contribution is -0.147. The van der Waals surface area contributed by atoms with Gasteiger partial charge in [-0.15, -0.1) is 10.2 Å². The van der Waals surface area contributed by atoms with Gasteiger partial charge in [0.25, 0.3) is 0 Å². The summed E-state index contributed by atoms with van der Waals surface area (Å²) in [6.45, 7) is 9.08. The Labute approximate surface area is 203 Å². The first-order chi connectivity index (χ1) is 16.7. The molecule has 2 atom stereocenters. The van der Waals surface area contributed by atoms with Crippen LogP contribution >= 0.6 is 11.6 Å². The Balaban J connectivity index is 2.01. The quantitative estimate of drug-likeness (QED) is 0.330. The van der Waals surface area contributed by atoms with E-state index in [1.807, 2.05) is 0 Å². The molecule has 2 aromatic carbocycles. The molecule has 12 heteroatoms. The van der Waals surface area contributed by atoms with E-state index in [9.17, 15) is 18.0 Å². The molecule has 0 aliphatic carbocycles. The van der Waals surface area contributed by atoms with E-state index in [0.717, 1.165) is 4.57 Å². The zero-order valence-electron chi connectivity index (χ0n) is 18.5. The molecule has 1 aliphatic rings. The third kappa shape index (κ3) is 4.54. The van der Waals surface area contributed by atoms with E-state index in [-0.39, 0.29) is 34.4 Å². The van der Waals surface area contributed by atoms with Gasteiger partial charge in [0.1, 0.15) is 18.0 Å². The lowest BCUT2D eigenvalue weighted by Crippen LogP contribution is -2.18. The fraction of sp³-hybridized carbons (Fsp3) is 0.304. The number of methoxy groups -OCH3 is 1. The summed E-state index contributed by atoms with van der Waals surface area (Å²) < 4.78 is 59.1. The van der Waals surface area contributed by atoms with Crippen LogP contribution in [0.3, 0.4) is 0 Å². The number of alkyl halides is 3. The van der Waals surface area contributed by atoms with Gasteiger partial charge in [-0.2, -0.15) is 13.2 Å². The maximum absolute atomic E-state index is 13.9. The second kappa shape index (κ2) is 9.56. The van der Waals surface area contributed by atoms with Crippen molar-refractivity contribution in [3.63, 3.8) is 0 Å². The molecule has 1 aromatic heterocycles. The molecule has 182 valence electrons. The second-order valence-electron chi connectivity index (χ2n) is 7.45. The van der Waals surface area contributed by atoms with Gasteiger partial charge in [0, 0.05) is 5.56 Å². The molecular formula is C23H18ClF3N4O4. The molecular weight excluding hydrogens is 489 g/mol. The van der Waals surface area contributed by atoms with Crippen LogP contribution in [0.4, 0.5) is 18.9 Å². The van der Waals surface area contributed by atoms with Crippen molar-refractivity contribution in [2.24, 2.45) is 0 Å². The first-order valence-electron chi connectivity index (χ1n) is 10.4. The topological polar surface area (TPSA) is 79.8 Å². The van der Waals surface area contributed by atoms with Crippen LogP contribution in [0.15, 0.2) is 36.4 Å². The largest absolute Gasteiger partial charge is 0.495 e. The Hall–Kier alpha value is -3.62. The molecule has 0 N–H and O–H groups in total. The van der Waals surface area contributed by atoms with Crippen molar-refractivity contribution in [2.45, 2.75) is 31.7 Å². The van der Waals surface area contributed by atoms with E-state index in [1.165, 1.54) is 25.3 Å². The second-order valence-corrected chi connectivity index (χ2v) is 7.83. The molecule has 8 nitrogen and oxygen atoms in total. The zero-order chi connectivity index (χ0) is 25.3. The van der Waals surface area contributed by atoms with Gasteiger partial charge in [-0.1, -0.05) is 29.8 Å². The molecule has 0 amide bonds. The number of fused-ring (bicyclic) bond motifs is 3. The van der Waals surface area contributed by atoms with Crippen LogP contribution in [0.2, 0.25) is 5.02 Å². The highest BCUT2D eigenvalue weighted by Crippen LogP contribution is 2.46. The summed E-state index contributed by atoms with van der Waals surface area (Å²) in [6.07, 6.45) is -7.63. The number of ether oxygens (including phenoxy) is 3. The van der Waals surface area contributed by atoms with Crippen LogP contribution < -0.4 is 4.74 Å². The summed E-state index contributed by atoms with van der Waals surface area (Å²) in [7, 11) is 1.42. The average Bonchev–Trinajstić information content (AvgIpc) is 3.23. The molecule has 0 fully saturated rings. The number of carbonyl (C=O) groups is 1. The van der Waals surface area contributed by atoms with Gasteiger partial charge in [-0.3, -0.25) is 9.36 Å². The molecule has 3 aromatic rings. The lowest BCUT2D eigenvalue weighted by atomic mass is 9.98. The zero-order valence-corrected chi connectivity index (χ0v) is 19.2. The molecule has 0 spiro atoms. The molecule has 4 rings (SSSR count). The summed E-state index contributed by atoms with van der Waals surface area (Å²) in [5.74, 6) is -1.90. The molecule has 0 bridgehead atoms. The van der Waals surface area contributed by atoms with Crippen LogP contribution in [-0.2, 0) is 20.4 Å². The van der Waals surface area contributed by atoms with Gasteiger partial charge in [-0.05, 0) is 30.7 Å². The Morgan fingerprint density at radius 2 is 2.03 bits per heavy atom. The number of hydrogen-bond donors (Lipinski definition) is 0. The van der Waals surface area contributed by atoms with Crippen molar-refractivity contribution in [1.82, 2.24) is 14.8 Å². The third-order valence-corrected chi connectivity index (χ3v) is 5.75. The molecule has 2 heterocycles.